The second-order valence-corrected chi connectivity index (χ2v) is 8.99. The van der Waals surface area contributed by atoms with Crippen LogP contribution < -0.4 is 10.2 Å². The summed E-state index contributed by atoms with van der Waals surface area (Å²) >= 11 is 1.36. The summed E-state index contributed by atoms with van der Waals surface area (Å²) in [5.74, 6) is -0.566. The minimum Gasteiger partial charge on any atom is -0.349 e. The van der Waals surface area contributed by atoms with E-state index in [4.69, 9.17) is 0 Å². The van der Waals surface area contributed by atoms with Crippen LogP contribution in [0, 0.1) is 5.82 Å². The summed E-state index contributed by atoms with van der Waals surface area (Å²) in [6.45, 7) is 2.19. The molecule has 0 saturated carbocycles. The summed E-state index contributed by atoms with van der Waals surface area (Å²) in [5.41, 5.74) is 3.27. The minimum atomic E-state index is -0.341. The highest BCUT2D eigenvalue weighted by molar-refractivity contribution is 7.12. The Bertz CT molecular complexity index is 1240. The Morgan fingerprint density at radius 2 is 1.68 bits per heavy atom. The third kappa shape index (κ3) is 5.97. The van der Waals surface area contributed by atoms with E-state index in [0.717, 1.165) is 11.1 Å². The molecule has 34 heavy (non-hydrogen) atoms. The van der Waals surface area contributed by atoms with Crippen molar-refractivity contribution in [2.24, 2.45) is 0 Å². The van der Waals surface area contributed by atoms with E-state index in [1.807, 2.05) is 73.0 Å². The van der Waals surface area contributed by atoms with Crippen molar-refractivity contribution in [3.8, 4) is 0 Å². The predicted octanol–water partition coefficient (Wildman–Crippen LogP) is 6.15. The number of carbonyl (C=O) groups excluding carboxylic acids is 2. The number of nitrogens with zero attached hydrogens (tertiary/aromatic N) is 1. The minimum absolute atomic E-state index is 0.0737. The van der Waals surface area contributed by atoms with E-state index in [9.17, 15) is 14.0 Å². The lowest BCUT2D eigenvalue weighted by Gasteiger charge is -2.23. The first-order valence-corrected chi connectivity index (χ1v) is 11.9. The molecule has 4 aromatic rings. The Morgan fingerprint density at radius 3 is 2.35 bits per heavy atom. The SMILES string of the molecule is C[C@H](NC(=O)Cc1ccc(N(Cc2cccc(F)c2)C(=O)c2cccs2)cc1)c1ccccc1. The summed E-state index contributed by atoms with van der Waals surface area (Å²) in [4.78, 5) is 28.0. The van der Waals surface area contributed by atoms with Gasteiger partial charge in [-0.25, -0.2) is 4.39 Å². The number of thiophene rings is 1. The van der Waals surface area contributed by atoms with Crippen molar-refractivity contribution in [3.05, 3.63) is 124 Å². The maximum absolute atomic E-state index is 13.7. The molecule has 3 aromatic carbocycles. The number of anilines is 1. The molecule has 0 radical (unpaired) electrons. The largest absolute Gasteiger partial charge is 0.349 e. The van der Waals surface area contributed by atoms with Crippen LogP contribution in [-0.4, -0.2) is 11.8 Å². The summed E-state index contributed by atoms with van der Waals surface area (Å²) in [6, 6.07) is 26.9. The van der Waals surface area contributed by atoms with E-state index in [0.29, 0.717) is 16.1 Å². The summed E-state index contributed by atoms with van der Waals surface area (Å²) < 4.78 is 13.7. The van der Waals surface area contributed by atoms with Crippen molar-refractivity contribution in [3.63, 3.8) is 0 Å². The maximum Gasteiger partial charge on any atom is 0.268 e. The van der Waals surface area contributed by atoms with Crippen LogP contribution in [0.25, 0.3) is 0 Å². The highest BCUT2D eigenvalue weighted by Gasteiger charge is 2.20. The molecule has 0 saturated heterocycles. The molecule has 2 amide bonds. The summed E-state index contributed by atoms with van der Waals surface area (Å²) in [7, 11) is 0. The first-order valence-electron chi connectivity index (χ1n) is 11.0. The Balaban J connectivity index is 1.48. The molecule has 1 atom stereocenters. The zero-order valence-corrected chi connectivity index (χ0v) is 19.6. The molecule has 4 nitrogen and oxygen atoms in total. The zero-order chi connectivity index (χ0) is 23.9. The molecular formula is C28H25FN2O2S. The van der Waals surface area contributed by atoms with Gasteiger partial charge in [-0.3, -0.25) is 9.59 Å². The average Bonchev–Trinajstić information content (AvgIpc) is 3.38. The molecular weight excluding hydrogens is 447 g/mol. The van der Waals surface area contributed by atoms with Crippen molar-refractivity contribution in [2.75, 3.05) is 4.90 Å². The number of nitrogens with one attached hydrogen (secondary N) is 1. The lowest BCUT2D eigenvalue weighted by Crippen LogP contribution is -2.30. The smallest absolute Gasteiger partial charge is 0.268 e. The van der Waals surface area contributed by atoms with Crippen LogP contribution in [0.15, 0.2) is 96.4 Å². The second-order valence-electron chi connectivity index (χ2n) is 8.04. The molecule has 1 N–H and O–H groups in total. The number of benzene rings is 3. The maximum atomic E-state index is 13.7. The Labute approximate surface area is 202 Å². The van der Waals surface area contributed by atoms with E-state index < -0.39 is 0 Å². The Morgan fingerprint density at radius 1 is 0.912 bits per heavy atom. The molecule has 0 aliphatic heterocycles. The van der Waals surface area contributed by atoms with Gasteiger partial charge in [0, 0.05) is 5.69 Å². The fourth-order valence-electron chi connectivity index (χ4n) is 3.73. The number of rotatable bonds is 8. The van der Waals surface area contributed by atoms with Crippen LogP contribution in [0.2, 0.25) is 0 Å². The van der Waals surface area contributed by atoms with Gasteiger partial charge >= 0.3 is 0 Å². The number of hydrogen-bond acceptors (Lipinski definition) is 3. The number of amides is 2. The van der Waals surface area contributed by atoms with Crippen molar-refractivity contribution in [1.29, 1.82) is 0 Å². The van der Waals surface area contributed by atoms with Gasteiger partial charge < -0.3 is 10.2 Å². The average molecular weight is 473 g/mol. The summed E-state index contributed by atoms with van der Waals surface area (Å²) in [5, 5.41) is 4.87. The Hall–Kier alpha value is -3.77. The van der Waals surface area contributed by atoms with Crippen LogP contribution in [0.5, 0.6) is 0 Å². The highest BCUT2D eigenvalue weighted by atomic mass is 32.1. The van der Waals surface area contributed by atoms with Crippen molar-refractivity contribution in [1.82, 2.24) is 5.32 Å². The van der Waals surface area contributed by atoms with E-state index >= 15 is 0 Å². The zero-order valence-electron chi connectivity index (χ0n) is 18.8. The van der Waals surface area contributed by atoms with Gasteiger partial charge in [0.05, 0.1) is 23.9 Å². The molecule has 172 valence electrons. The third-order valence-corrected chi connectivity index (χ3v) is 6.35. The predicted molar refractivity (Wildman–Crippen MR) is 134 cm³/mol. The van der Waals surface area contributed by atoms with Crippen LogP contribution in [-0.2, 0) is 17.8 Å². The van der Waals surface area contributed by atoms with Crippen LogP contribution in [0.3, 0.4) is 0 Å². The van der Waals surface area contributed by atoms with Crippen molar-refractivity contribution < 1.29 is 14.0 Å². The number of halogens is 1. The lowest BCUT2D eigenvalue weighted by molar-refractivity contribution is -0.121. The standard InChI is InChI=1S/C28H25FN2O2S/c1-20(23-8-3-2-4-9-23)30-27(32)18-21-12-14-25(15-13-21)31(28(33)26-11-6-16-34-26)19-22-7-5-10-24(29)17-22/h2-17,20H,18-19H2,1H3,(H,30,32)/t20-/m0/s1. The van der Waals surface area contributed by atoms with Gasteiger partial charge in [-0.1, -0.05) is 60.7 Å². The molecule has 1 heterocycles. The van der Waals surface area contributed by atoms with E-state index in [1.54, 1.807) is 23.1 Å². The first kappa shape index (κ1) is 23.4. The van der Waals surface area contributed by atoms with Gasteiger partial charge in [-0.05, 0) is 59.3 Å². The molecule has 0 fully saturated rings. The number of carbonyl (C=O) groups is 2. The normalized spacial score (nSPS) is 11.6. The van der Waals surface area contributed by atoms with Crippen LogP contribution in [0.4, 0.5) is 10.1 Å². The monoisotopic (exact) mass is 472 g/mol. The van der Waals surface area contributed by atoms with E-state index in [2.05, 4.69) is 5.32 Å². The van der Waals surface area contributed by atoms with Crippen LogP contribution >= 0.6 is 11.3 Å². The second kappa shape index (κ2) is 10.9. The number of hydrogen-bond donors (Lipinski definition) is 1. The van der Waals surface area contributed by atoms with Gasteiger partial charge in [-0.2, -0.15) is 0 Å². The molecule has 0 unspecified atom stereocenters. The van der Waals surface area contributed by atoms with Gasteiger partial charge in [0.2, 0.25) is 5.91 Å². The highest BCUT2D eigenvalue weighted by Crippen LogP contribution is 2.23. The molecule has 4 rings (SSSR count). The van der Waals surface area contributed by atoms with Gasteiger partial charge in [-0.15, -0.1) is 11.3 Å². The van der Waals surface area contributed by atoms with Crippen molar-refractivity contribution in [2.45, 2.75) is 25.9 Å². The molecule has 1 aromatic heterocycles. The first-order chi connectivity index (χ1) is 16.5. The molecule has 0 spiro atoms. The van der Waals surface area contributed by atoms with Gasteiger partial charge in [0.15, 0.2) is 0 Å². The van der Waals surface area contributed by atoms with Gasteiger partial charge in [0.1, 0.15) is 5.82 Å². The molecule has 0 aliphatic carbocycles. The van der Waals surface area contributed by atoms with Crippen LogP contribution in [0.1, 0.15) is 39.3 Å². The topological polar surface area (TPSA) is 49.4 Å². The fourth-order valence-corrected chi connectivity index (χ4v) is 4.40. The fraction of sp³-hybridized carbons (Fsp3) is 0.143. The lowest BCUT2D eigenvalue weighted by atomic mass is 10.1. The van der Waals surface area contributed by atoms with E-state index in [-0.39, 0.29) is 36.6 Å². The molecule has 6 heteroatoms. The van der Waals surface area contributed by atoms with E-state index in [1.165, 1.54) is 23.5 Å². The van der Waals surface area contributed by atoms with Crippen molar-refractivity contribution >= 4 is 28.8 Å². The quantitative estimate of drug-likeness (QED) is 0.334. The van der Waals surface area contributed by atoms with Gasteiger partial charge in [0.25, 0.3) is 5.91 Å². The Kier molecular flexibility index (Phi) is 7.50. The molecule has 0 bridgehead atoms. The molecule has 0 aliphatic rings. The third-order valence-electron chi connectivity index (χ3n) is 5.50. The summed E-state index contributed by atoms with van der Waals surface area (Å²) in [6.07, 6.45) is 0.236.